The molecule has 150 valence electrons. The summed E-state index contributed by atoms with van der Waals surface area (Å²) in [6, 6.07) is 5.65. The van der Waals surface area contributed by atoms with Crippen molar-refractivity contribution in [2.24, 2.45) is 0 Å². The van der Waals surface area contributed by atoms with Gasteiger partial charge in [0.05, 0.1) is 22.0 Å². The maximum atomic E-state index is 13.0. The lowest BCUT2D eigenvalue weighted by Gasteiger charge is -2.32. The summed E-state index contributed by atoms with van der Waals surface area (Å²) in [4.78, 5) is 35.6. The normalized spacial score (nSPS) is 17.2. The first-order chi connectivity index (χ1) is 13.0. The first-order valence-electron chi connectivity index (χ1n) is 8.88. The van der Waals surface area contributed by atoms with Crippen LogP contribution in [0.5, 0.6) is 0 Å². The summed E-state index contributed by atoms with van der Waals surface area (Å²) in [5.74, 6) is -2.85. The number of carbonyl (C=O) groups excluding carboxylic acids is 1. The number of hydrogen-bond acceptors (Lipinski definition) is 6. The van der Waals surface area contributed by atoms with E-state index in [4.69, 9.17) is 4.74 Å². The highest BCUT2D eigenvalue weighted by atomic mass is 16.6. The smallest absolute Gasteiger partial charge is 0.337 e. The molecule has 2 N–H and O–H groups in total. The van der Waals surface area contributed by atoms with Crippen molar-refractivity contribution in [2.75, 3.05) is 0 Å². The van der Waals surface area contributed by atoms with Crippen LogP contribution in [0.25, 0.3) is 0 Å². The lowest BCUT2D eigenvalue weighted by atomic mass is 9.80. The number of esters is 1. The number of benzene rings is 1. The van der Waals surface area contributed by atoms with Gasteiger partial charge in [-0.2, -0.15) is 0 Å². The summed E-state index contributed by atoms with van der Waals surface area (Å²) in [7, 11) is 0. The Balaban J connectivity index is 2.66. The Kier molecular flexibility index (Phi) is 5.92. The SMILES string of the molecule is CCC(C)(C)OC(=O)C1=C(C)NC(C)=C(C(=O)O)C1c1cccc([N+](=O)[O-])c1. The average Bonchev–Trinajstić information content (AvgIpc) is 2.60. The second-order valence-electron chi connectivity index (χ2n) is 7.30. The number of non-ortho nitro benzene ring substituents is 1. The Morgan fingerprint density at radius 2 is 1.86 bits per heavy atom. The van der Waals surface area contributed by atoms with Gasteiger partial charge in [-0.25, -0.2) is 9.59 Å². The number of ether oxygens (including phenoxy) is 1. The molecule has 0 saturated carbocycles. The van der Waals surface area contributed by atoms with Gasteiger partial charge in [0.25, 0.3) is 5.69 Å². The minimum Gasteiger partial charge on any atom is -0.478 e. The van der Waals surface area contributed by atoms with Crippen LogP contribution in [-0.4, -0.2) is 27.6 Å². The molecule has 8 nitrogen and oxygen atoms in total. The van der Waals surface area contributed by atoms with Gasteiger partial charge in [0.1, 0.15) is 5.60 Å². The fourth-order valence-corrected chi connectivity index (χ4v) is 3.08. The van der Waals surface area contributed by atoms with Crippen molar-refractivity contribution < 1.29 is 24.4 Å². The van der Waals surface area contributed by atoms with Crippen molar-refractivity contribution in [2.45, 2.75) is 52.6 Å². The fraction of sp³-hybridized carbons (Fsp3) is 0.400. The van der Waals surface area contributed by atoms with Crippen molar-refractivity contribution >= 4 is 17.6 Å². The van der Waals surface area contributed by atoms with Crippen molar-refractivity contribution in [3.8, 4) is 0 Å². The molecule has 28 heavy (non-hydrogen) atoms. The molecular formula is C20H24N2O6. The first kappa shape index (κ1) is 21.1. The zero-order valence-corrected chi connectivity index (χ0v) is 16.5. The Hall–Kier alpha value is -3.16. The lowest BCUT2D eigenvalue weighted by Crippen LogP contribution is -2.35. The number of nitro benzene ring substituents is 1. The molecule has 0 aliphatic carbocycles. The van der Waals surface area contributed by atoms with Crippen LogP contribution in [0.3, 0.4) is 0 Å². The minimum absolute atomic E-state index is 0.0487. The summed E-state index contributed by atoms with van der Waals surface area (Å²) in [5, 5.41) is 23.9. The van der Waals surface area contributed by atoms with Gasteiger partial charge < -0.3 is 15.2 Å². The van der Waals surface area contributed by atoms with Crippen molar-refractivity contribution in [3.63, 3.8) is 0 Å². The number of aliphatic carboxylic acids is 1. The number of nitrogens with zero attached hydrogens (tertiary/aromatic N) is 1. The average molecular weight is 388 g/mol. The Labute approximate surface area is 163 Å². The first-order valence-corrected chi connectivity index (χ1v) is 8.88. The van der Waals surface area contributed by atoms with Crippen molar-refractivity contribution in [1.82, 2.24) is 5.32 Å². The predicted molar refractivity (Wildman–Crippen MR) is 102 cm³/mol. The summed E-state index contributed by atoms with van der Waals surface area (Å²) < 4.78 is 5.60. The molecule has 0 spiro atoms. The van der Waals surface area contributed by atoms with Crippen molar-refractivity contribution in [3.05, 3.63) is 62.5 Å². The molecule has 1 unspecified atom stereocenters. The number of dihydropyridines is 1. The van der Waals surface area contributed by atoms with E-state index in [-0.39, 0.29) is 16.8 Å². The van der Waals surface area contributed by atoms with Crippen LogP contribution >= 0.6 is 0 Å². The van der Waals surface area contributed by atoms with E-state index in [1.165, 1.54) is 18.2 Å². The molecule has 8 heteroatoms. The molecule has 2 rings (SSSR count). The van der Waals surface area contributed by atoms with Crippen LogP contribution in [0.1, 0.15) is 52.5 Å². The van der Waals surface area contributed by atoms with Crippen LogP contribution in [0.4, 0.5) is 5.69 Å². The molecule has 0 radical (unpaired) electrons. The molecule has 0 saturated heterocycles. The molecule has 1 aliphatic heterocycles. The van der Waals surface area contributed by atoms with E-state index in [1.807, 2.05) is 6.92 Å². The molecule has 0 aromatic heterocycles. The molecule has 1 heterocycles. The summed E-state index contributed by atoms with van der Waals surface area (Å²) in [6.07, 6.45) is 0.570. The molecule has 0 amide bonds. The zero-order chi connectivity index (χ0) is 21.2. The molecule has 0 bridgehead atoms. The number of allylic oxidation sites excluding steroid dienone is 2. The maximum absolute atomic E-state index is 13.0. The van der Waals surface area contributed by atoms with Gasteiger partial charge in [0.15, 0.2) is 0 Å². The van der Waals surface area contributed by atoms with E-state index in [0.29, 0.717) is 23.4 Å². The van der Waals surface area contributed by atoms with Crippen LogP contribution in [-0.2, 0) is 14.3 Å². The topological polar surface area (TPSA) is 119 Å². The summed E-state index contributed by atoms with van der Waals surface area (Å²) in [6.45, 7) is 8.65. The zero-order valence-electron chi connectivity index (χ0n) is 16.5. The number of carbonyl (C=O) groups is 2. The van der Waals surface area contributed by atoms with Crippen LogP contribution in [0.2, 0.25) is 0 Å². The summed E-state index contributed by atoms with van der Waals surface area (Å²) in [5.41, 5.74) is 0.323. The Morgan fingerprint density at radius 1 is 1.25 bits per heavy atom. The Bertz CT molecular complexity index is 898. The molecule has 1 aromatic rings. The lowest BCUT2D eigenvalue weighted by molar-refractivity contribution is -0.384. The summed E-state index contributed by atoms with van der Waals surface area (Å²) >= 11 is 0. The van der Waals surface area contributed by atoms with E-state index in [2.05, 4.69) is 5.32 Å². The van der Waals surface area contributed by atoms with Gasteiger partial charge in [-0.05, 0) is 39.7 Å². The van der Waals surface area contributed by atoms with E-state index < -0.39 is 28.4 Å². The third-order valence-corrected chi connectivity index (χ3v) is 4.85. The van der Waals surface area contributed by atoms with Gasteiger partial charge in [0.2, 0.25) is 0 Å². The van der Waals surface area contributed by atoms with Gasteiger partial charge in [-0.3, -0.25) is 10.1 Å². The van der Waals surface area contributed by atoms with E-state index in [0.717, 1.165) is 0 Å². The third-order valence-electron chi connectivity index (χ3n) is 4.85. The highest BCUT2D eigenvalue weighted by molar-refractivity contribution is 5.99. The highest BCUT2D eigenvalue weighted by Gasteiger charge is 2.39. The van der Waals surface area contributed by atoms with E-state index in [9.17, 15) is 24.8 Å². The number of carboxylic acids is 1. The van der Waals surface area contributed by atoms with Crippen LogP contribution in [0, 0.1) is 10.1 Å². The standard InChI is InChI=1S/C20H24N2O6/c1-6-20(4,5)28-19(25)16-12(3)21-11(2)15(18(23)24)17(16)13-8-7-9-14(10-13)22(26)27/h7-10,17,21H,6H2,1-5H3,(H,23,24). The monoisotopic (exact) mass is 388 g/mol. The van der Waals surface area contributed by atoms with Gasteiger partial charge >= 0.3 is 11.9 Å². The maximum Gasteiger partial charge on any atom is 0.337 e. The van der Waals surface area contributed by atoms with Gasteiger partial charge in [0, 0.05) is 23.5 Å². The van der Waals surface area contributed by atoms with Crippen molar-refractivity contribution in [1.29, 1.82) is 0 Å². The third kappa shape index (κ3) is 4.21. The molecular weight excluding hydrogens is 364 g/mol. The second-order valence-corrected chi connectivity index (χ2v) is 7.30. The van der Waals surface area contributed by atoms with Gasteiger partial charge in [-0.15, -0.1) is 0 Å². The second kappa shape index (κ2) is 7.84. The number of nitrogens with one attached hydrogen (secondary N) is 1. The highest BCUT2D eigenvalue weighted by Crippen LogP contribution is 2.40. The number of hydrogen-bond donors (Lipinski definition) is 2. The number of carboxylic acid groups (broad SMARTS) is 1. The minimum atomic E-state index is -1.21. The number of rotatable bonds is 6. The van der Waals surface area contributed by atoms with Crippen LogP contribution in [0.15, 0.2) is 46.8 Å². The molecule has 1 atom stereocenters. The molecule has 1 aromatic carbocycles. The molecule has 1 aliphatic rings. The van der Waals surface area contributed by atoms with Crippen LogP contribution < -0.4 is 5.32 Å². The quantitative estimate of drug-likeness (QED) is 0.434. The number of nitro groups is 1. The fourth-order valence-electron chi connectivity index (χ4n) is 3.08. The molecule has 0 fully saturated rings. The predicted octanol–water partition coefficient (Wildman–Crippen LogP) is 3.65. The van der Waals surface area contributed by atoms with E-state index >= 15 is 0 Å². The van der Waals surface area contributed by atoms with E-state index in [1.54, 1.807) is 33.8 Å². The Morgan fingerprint density at radius 3 is 2.39 bits per heavy atom. The van der Waals surface area contributed by atoms with Gasteiger partial charge in [-0.1, -0.05) is 19.1 Å². The largest absolute Gasteiger partial charge is 0.478 e.